The molecular weight excluding hydrogens is 444 g/mol. The van der Waals surface area contributed by atoms with E-state index in [9.17, 15) is 0 Å². The van der Waals surface area contributed by atoms with E-state index in [1.54, 1.807) is 26.0 Å². The molecule has 0 atom stereocenters. The normalized spacial score (nSPS) is 14.7. The van der Waals surface area contributed by atoms with E-state index in [0.29, 0.717) is 5.75 Å². The Bertz CT molecular complexity index is 1230. The molecular formula is C27H36N4O2S+2. The number of rotatable bonds is 8. The summed E-state index contributed by atoms with van der Waals surface area (Å²) in [6.07, 6.45) is 5.40. The molecule has 0 amide bonds. The van der Waals surface area contributed by atoms with Crippen molar-refractivity contribution in [3.05, 3.63) is 52.9 Å². The van der Waals surface area contributed by atoms with Crippen molar-refractivity contribution in [2.75, 3.05) is 53.9 Å². The highest BCUT2D eigenvalue weighted by Crippen LogP contribution is 2.45. The van der Waals surface area contributed by atoms with Gasteiger partial charge in [0.05, 0.1) is 71.5 Å². The van der Waals surface area contributed by atoms with E-state index in [-0.39, 0.29) is 0 Å². The lowest BCUT2D eigenvalue weighted by Crippen LogP contribution is -2.37. The maximum absolute atomic E-state index is 5.62. The molecule has 1 aliphatic rings. The van der Waals surface area contributed by atoms with Gasteiger partial charge in [0.1, 0.15) is 5.52 Å². The van der Waals surface area contributed by atoms with Gasteiger partial charge in [0.2, 0.25) is 0 Å². The minimum Gasteiger partial charge on any atom is -0.493 e. The number of hydrogen-bond acceptors (Lipinski definition) is 5. The Morgan fingerprint density at radius 1 is 1.06 bits per heavy atom. The van der Waals surface area contributed by atoms with Crippen LogP contribution in [0.3, 0.4) is 0 Å². The molecule has 3 aromatic rings. The highest BCUT2D eigenvalue weighted by Gasteiger charge is 2.26. The first-order chi connectivity index (χ1) is 16.2. The lowest BCUT2D eigenvalue weighted by molar-refractivity contribution is -0.870. The van der Waals surface area contributed by atoms with Crippen molar-refractivity contribution in [1.82, 2.24) is 4.98 Å². The Labute approximate surface area is 207 Å². The molecule has 0 radical (unpaired) electrons. The summed E-state index contributed by atoms with van der Waals surface area (Å²) in [4.78, 5) is 8.68. The molecule has 0 spiro atoms. The predicted octanol–water partition coefficient (Wildman–Crippen LogP) is 4.65. The molecule has 6 nitrogen and oxygen atoms in total. The van der Waals surface area contributed by atoms with Gasteiger partial charge in [-0.1, -0.05) is 23.9 Å². The highest BCUT2D eigenvalue weighted by molar-refractivity contribution is 8.03. The number of unbranched alkanes of at least 4 members (excludes halogenated alkanes) is 1. The number of thioether (sulfide) groups is 1. The van der Waals surface area contributed by atoms with E-state index in [1.807, 2.05) is 6.07 Å². The van der Waals surface area contributed by atoms with Crippen LogP contribution in [0.5, 0.6) is 11.5 Å². The number of benzene rings is 2. The zero-order chi connectivity index (χ0) is 24.5. The molecule has 0 saturated carbocycles. The number of aromatic nitrogens is 2. The van der Waals surface area contributed by atoms with Crippen LogP contribution in [0.4, 0.5) is 5.69 Å². The minimum absolute atomic E-state index is 0.711. The van der Waals surface area contributed by atoms with Gasteiger partial charge in [-0.05, 0) is 36.0 Å². The zero-order valence-electron chi connectivity index (χ0n) is 21.4. The molecule has 0 fully saturated rings. The Hall–Kier alpha value is -2.77. The Balaban J connectivity index is 1.78. The summed E-state index contributed by atoms with van der Waals surface area (Å²) in [5.74, 6) is 2.52. The third-order valence-corrected chi connectivity index (χ3v) is 7.45. The molecule has 0 unspecified atom stereocenters. The number of para-hydroxylation sites is 1. The number of aryl methyl sites for hydroxylation is 2. The maximum atomic E-state index is 5.62. The molecule has 0 saturated heterocycles. The standard InChI is InChI=1S/C27H36N4O2S/c1-29-22-18-24(33-7)23(32-6)16-19(22)20(28-26(29)14-10-11-15-31(3,4)5)17-27-30(2)21-12-8-9-13-25(21)34-27/h8-9,12-13,16-18H,10-11,14-15H2,1-7H3/q+2. The van der Waals surface area contributed by atoms with Gasteiger partial charge >= 0.3 is 0 Å². The zero-order valence-corrected chi connectivity index (χ0v) is 22.2. The molecule has 1 aliphatic heterocycles. The summed E-state index contributed by atoms with van der Waals surface area (Å²) in [5, 5.41) is 2.21. The first-order valence-electron chi connectivity index (χ1n) is 11.7. The second kappa shape index (κ2) is 9.84. The average Bonchev–Trinajstić information content (AvgIpc) is 3.13. The van der Waals surface area contributed by atoms with E-state index in [0.717, 1.165) is 57.1 Å². The van der Waals surface area contributed by atoms with Gasteiger partial charge in [0.25, 0.3) is 5.82 Å². The summed E-state index contributed by atoms with van der Waals surface area (Å²) in [5.41, 5.74) is 3.27. The lowest BCUT2D eigenvalue weighted by atomic mass is 10.1. The van der Waals surface area contributed by atoms with Crippen molar-refractivity contribution in [1.29, 1.82) is 0 Å². The highest BCUT2D eigenvalue weighted by atomic mass is 32.2. The van der Waals surface area contributed by atoms with Crippen LogP contribution in [-0.2, 0) is 13.5 Å². The van der Waals surface area contributed by atoms with Crippen molar-refractivity contribution in [2.24, 2.45) is 7.05 Å². The molecule has 0 aliphatic carbocycles. The lowest BCUT2D eigenvalue weighted by Gasteiger charge is -2.23. The van der Waals surface area contributed by atoms with Gasteiger partial charge in [-0.25, -0.2) is 4.57 Å². The summed E-state index contributed by atoms with van der Waals surface area (Å²) in [6, 6.07) is 12.6. The Morgan fingerprint density at radius 3 is 2.44 bits per heavy atom. The van der Waals surface area contributed by atoms with Gasteiger partial charge in [-0.3, -0.25) is 0 Å². The van der Waals surface area contributed by atoms with Crippen molar-refractivity contribution < 1.29 is 18.5 Å². The maximum Gasteiger partial charge on any atom is 0.299 e. The van der Waals surface area contributed by atoms with Crippen molar-refractivity contribution in [3.8, 4) is 11.5 Å². The average molecular weight is 481 g/mol. The van der Waals surface area contributed by atoms with E-state index in [1.165, 1.54) is 17.0 Å². The summed E-state index contributed by atoms with van der Waals surface area (Å²) < 4.78 is 14.4. The smallest absolute Gasteiger partial charge is 0.299 e. The van der Waals surface area contributed by atoms with Gasteiger partial charge in [-0.2, -0.15) is 0 Å². The third-order valence-electron chi connectivity index (χ3n) is 6.29. The number of anilines is 1. The molecule has 1 aromatic heterocycles. The number of ether oxygens (including phenoxy) is 2. The molecule has 4 rings (SSSR count). The van der Waals surface area contributed by atoms with E-state index >= 15 is 0 Å². The fourth-order valence-electron chi connectivity index (χ4n) is 4.33. The molecule has 7 heteroatoms. The number of quaternary nitrogens is 1. The van der Waals surface area contributed by atoms with Gasteiger partial charge in [-0.15, -0.1) is 0 Å². The topological polar surface area (TPSA) is 38.5 Å². The van der Waals surface area contributed by atoms with Crippen LogP contribution in [0.2, 0.25) is 0 Å². The van der Waals surface area contributed by atoms with Crippen LogP contribution in [-0.4, -0.2) is 58.4 Å². The Morgan fingerprint density at radius 2 is 1.76 bits per heavy atom. The van der Waals surface area contributed by atoms with Crippen LogP contribution in [0.15, 0.2) is 46.3 Å². The first kappa shape index (κ1) is 24.4. The minimum atomic E-state index is 0.711. The van der Waals surface area contributed by atoms with Crippen molar-refractivity contribution in [2.45, 2.75) is 24.2 Å². The summed E-state index contributed by atoms with van der Waals surface area (Å²) >= 11 is 1.78. The number of nitrogens with zero attached hydrogens (tertiary/aromatic N) is 4. The summed E-state index contributed by atoms with van der Waals surface area (Å²) in [7, 11) is 14.3. The molecule has 0 N–H and O–H groups in total. The summed E-state index contributed by atoms with van der Waals surface area (Å²) in [6.45, 7) is 1.15. The first-order valence-corrected chi connectivity index (χ1v) is 12.5. The van der Waals surface area contributed by atoms with E-state index in [2.05, 4.69) is 81.1 Å². The quantitative estimate of drug-likeness (QED) is 0.267. The molecule has 34 heavy (non-hydrogen) atoms. The van der Waals surface area contributed by atoms with Gasteiger partial charge in [0, 0.05) is 24.1 Å². The monoisotopic (exact) mass is 480 g/mol. The number of fused-ring (bicyclic) bond motifs is 2. The number of methoxy groups -OCH3 is 2. The third kappa shape index (κ3) is 5.00. The van der Waals surface area contributed by atoms with Crippen LogP contribution >= 0.6 is 11.8 Å². The van der Waals surface area contributed by atoms with Crippen molar-refractivity contribution >= 4 is 34.4 Å². The van der Waals surface area contributed by atoms with Crippen LogP contribution in [0.25, 0.3) is 17.0 Å². The largest absolute Gasteiger partial charge is 0.493 e. The van der Waals surface area contributed by atoms with Gasteiger partial charge in [0.15, 0.2) is 17.2 Å². The number of hydrogen-bond donors (Lipinski definition) is 0. The molecule has 2 aromatic carbocycles. The van der Waals surface area contributed by atoms with Crippen LogP contribution < -0.4 is 18.9 Å². The SMILES string of the molecule is COc1cc2c(/C=C3\Sc4ccccc4N3C)nc(CCCC[N+](C)(C)C)[n+](C)c2cc1OC. The molecule has 180 valence electrons. The van der Waals surface area contributed by atoms with Crippen molar-refractivity contribution in [3.63, 3.8) is 0 Å². The predicted molar refractivity (Wildman–Crippen MR) is 141 cm³/mol. The van der Waals surface area contributed by atoms with Gasteiger partial charge < -0.3 is 18.9 Å². The van der Waals surface area contributed by atoms with E-state index < -0.39 is 0 Å². The molecule has 2 heterocycles. The molecule has 0 bridgehead atoms. The Kier molecular flexibility index (Phi) is 7.05. The second-order valence-electron chi connectivity index (χ2n) is 9.78. The second-order valence-corrected chi connectivity index (χ2v) is 10.8. The fraction of sp³-hybridized carbons (Fsp3) is 0.407. The van der Waals surface area contributed by atoms with Crippen LogP contribution in [0.1, 0.15) is 24.4 Å². The van der Waals surface area contributed by atoms with Crippen LogP contribution in [0, 0.1) is 0 Å². The fourth-order valence-corrected chi connectivity index (χ4v) is 5.42. The van der Waals surface area contributed by atoms with E-state index in [4.69, 9.17) is 14.5 Å².